The summed E-state index contributed by atoms with van der Waals surface area (Å²) in [4.78, 5) is 3.88. The first-order valence-electron chi connectivity index (χ1n) is 4.63. The van der Waals surface area contributed by atoms with Crippen molar-refractivity contribution >= 4 is 15.9 Å². The van der Waals surface area contributed by atoms with Gasteiger partial charge in [-0.05, 0) is 41.1 Å². The third-order valence-corrected chi connectivity index (χ3v) is 2.80. The van der Waals surface area contributed by atoms with E-state index < -0.39 is 11.7 Å². The van der Waals surface area contributed by atoms with Gasteiger partial charge in [0.05, 0.1) is 11.3 Å². The summed E-state index contributed by atoms with van der Waals surface area (Å²) in [6.45, 7) is 1.66. The van der Waals surface area contributed by atoms with E-state index in [9.17, 15) is 13.2 Å². The maximum atomic E-state index is 12.6. The molecule has 0 unspecified atom stereocenters. The summed E-state index contributed by atoms with van der Waals surface area (Å²) in [5, 5.41) is 3.97. The quantitative estimate of drug-likeness (QED) is 0.809. The predicted octanol–water partition coefficient (Wildman–Crippen LogP) is 3.36. The van der Waals surface area contributed by atoms with Gasteiger partial charge >= 0.3 is 6.18 Å². The van der Waals surface area contributed by atoms with Gasteiger partial charge < -0.3 is 0 Å². The third-order valence-electron chi connectivity index (χ3n) is 2.13. The Bertz CT molecular complexity index is 548. The average Bonchev–Trinajstić information content (AvgIpc) is 2.63. The molecule has 0 radical (unpaired) electrons. The van der Waals surface area contributed by atoms with Gasteiger partial charge in [0, 0.05) is 4.47 Å². The van der Waals surface area contributed by atoms with Gasteiger partial charge in [-0.1, -0.05) is 0 Å². The van der Waals surface area contributed by atoms with Crippen LogP contribution in [0.5, 0.6) is 0 Å². The Hall–Kier alpha value is -1.37. The topological polar surface area (TPSA) is 30.7 Å². The number of hydrogen-bond donors (Lipinski definition) is 0. The van der Waals surface area contributed by atoms with Gasteiger partial charge in [0.2, 0.25) is 0 Å². The average molecular weight is 306 g/mol. The first-order chi connectivity index (χ1) is 7.88. The van der Waals surface area contributed by atoms with Gasteiger partial charge in [-0.3, -0.25) is 0 Å². The molecule has 2 rings (SSSR count). The molecule has 0 N–H and O–H groups in total. The van der Waals surface area contributed by atoms with E-state index in [2.05, 4.69) is 26.0 Å². The summed E-state index contributed by atoms with van der Waals surface area (Å²) in [6.07, 6.45) is -3.00. The molecule has 1 heterocycles. The molecule has 0 saturated carbocycles. The fraction of sp³-hybridized carbons (Fsp3) is 0.200. The first-order valence-corrected chi connectivity index (χ1v) is 5.42. The molecule has 7 heteroatoms. The fourth-order valence-corrected chi connectivity index (χ4v) is 1.75. The summed E-state index contributed by atoms with van der Waals surface area (Å²) in [5.41, 5.74) is -0.413. The van der Waals surface area contributed by atoms with Crippen LogP contribution < -0.4 is 0 Å². The van der Waals surface area contributed by atoms with E-state index in [-0.39, 0.29) is 0 Å². The minimum Gasteiger partial charge on any atom is -0.220 e. The molecule has 0 saturated heterocycles. The van der Waals surface area contributed by atoms with Crippen LogP contribution in [0.25, 0.3) is 5.69 Å². The van der Waals surface area contributed by atoms with Crippen molar-refractivity contribution in [1.29, 1.82) is 0 Å². The molecule has 0 bridgehead atoms. The minimum atomic E-state index is -4.37. The Morgan fingerprint density at radius 3 is 2.53 bits per heavy atom. The molecule has 0 aliphatic heterocycles. The summed E-state index contributed by atoms with van der Waals surface area (Å²) in [5.74, 6) is 0.495. The highest BCUT2D eigenvalue weighted by Gasteiger charge is 2.31. The number of nitrogens with zero attached hydrogens (tertiary/aromatic N) is 3. The van der Waals surface area contributed by atoms with Gasteiger partial charge in [0.15, 0.2) is 0 Å². The smallest absolute Gasteiger partial charge is 0.220 e. The van der Waals surface area contributed by atoms with Crippen LogP contribution in [-0.2, 0) is 6.18 Å². The Balaban J connectivity index is 2.54. The highest BCUT2D eigenvalue weighted by Crippen LogP contribution is 2.32. The summed E-state index contributed by atoms with van der Waals surface area (Å²) >= 11 is 3.19. The lowest BCUT2D eigenvalue weighted by atomic mass is 10.2. The zero-order valence-corrected chi connectivity index (χ0v) is 10.2. The highest BCUT2D eigenvalue weighted by molar-refractivity contribution is 9.10. The Morgan fingerprint density at radius 2 is 2.00 bits per heavy atom. The zero-order valence-electron chi connectivity index (χ0n) is 8.66. The van der Waals surface area contributed by atoms with E-state index in [0.717, 1.165) is 12.1 Å². The number of aryl methyl sites for hydroxylation is 1. The van der Waals surface area contributed by atoms with Crippen molar-refractivity contribution in [2.24, 2.45) is 0 Å². The number of rotatable bonds is 1. The van der Waals surface area contributed by atoms with Crippen LogP contribution in [0.2, 0.25) is 0 Å². The van der Waals surface area contributed by atoms with Crippen LogP contribution in [-0.4, -0.2) is 14.8 Å². The molecule has 90 valence electrons. The molecule has 2 aromatic rings. The van der Waals surface area contributed by atoms with Gasteiger partial charge in [-0.15, -0.1) is 0 Å². The SMILES string of the molecule is Cc1ncn(-c2cc(C(F)(F)F)ccc2Br)n1. The van der Waals surface area contributed by atoms with Crippen molar-refractivity contribution in [3.8, 4) is 5.69 Å². The van der Waals surface area contributed by atoms with E-state index in [0.29, 0.717) is 16.0 Å². The van der Waals surface area contributed by atoms with Gasteiger partial charge in [0.1, 0.15) is 12.2 Å². The highest BCUT2D eigenvalue weighted by atomic mass is 79.9. The third kappa shape index (κ3) is 2.49. The maximum Gasteiger partial charge on any atom is 0.416 e. The number of alkyl halides is 3. The monoisotopic (exact) mass is 305 g/mol. The number of hydrogen-bond acceptors (Lipinski definition) is 2. The van der Waals surface area contributed by atoms with E-state index in [4.69, 9.17) is 0 Å². The number of aromatic nitrogens is 3. The molecule has 3 nitrogen and oxygen atoms in total. The van der Waals surface area contributed by atoms with Crippen LogP contribution >= 0.6 is 15.9 Å². The Labute approximate surface area is 103 Å². The maximum absolute atomic E-state index is 12.6. The molecular weight excluding hydrogens is 299 g/mol. The van der Waals surface area contributed by atoms with E-state index in [1.54, 1.807) is 6.92 Å². The van der Waals surface area contributed by atoms with Gasteiger partial charge in [-0.2, -0.15) is 18.3 Å². The second kappa shape index (κ2) is 4.14. The van der Waals surface area contributed by atoms with Crippen molar-refractivity contribution in [2.45, 2.75) is 13.1 Å². The molecular formula is C10H7BrF3N3. The normalized spacial score (nSPS) is 11.8. The van der Waals surface area contributed by atoms with E-state index >= 15 is 0 Å². The van der Waals surface area contributed by atoms with Gasteiger partial charge in [-0.25, -0.2) is 9.67 Å². The Morgan fingerprint density at radius 1 is 1.29 bits per heavy atom. The second-order valence-electron chi connectivity index (χ2n) is 3.40. The van der Waals surface area contributed by atoms with Crippen molar-refractivity contribution in [1.82, 2.24) is 14.8 Å². The lowest BCUT2D eigenvalue weighted by molar-refractivity contribution is -0.137. The molecule has 1 aromatic heterocycles. The van der Waals surface area contributed by atoms with Crippen LogP contribution in [0.4, 0.5) is 13.2 Å². The standard InChI is InChI=1S/C10H7BrF3N3/c1-6-15-5-17(16-6)9-4-7(10(12,13)14)2-3-8(9)11/h2-5H,1H3. The van der Waals surface area contributed by atoms with E-state index in [1.807, 2.05) is 0 Å². The second-order valence-corrected chi connectivity index (χ2v) is 4.25. The van der Waals surface area contributed by atoms with Crippen LogP contribution in [0.1, 0.15) is 11.4 Å². The molecule has 0 aliphatic rings. The van der Waals surface area contributed by atoms with Crippen molar-refractivity contribution in [2.75, 3.05) is 0 Å². The van der Waals surface area contributed by atoms with Crippen LogP contribution in [0.15, 0.2) is 29.0 Å². The first kappa shape index (κ1) is 12.1. The van der Waals surface area contributed by atoms with Crippen LogP contribution in [0, 0.1) is 6.92 Å². The molecule has 0 amide bonds. The van der Waals surface area contributed by atoms with E-state index in [1.165, 1.54) is 17.1 Å². The molecule has 17 heavy (non-hydrogen) atoms. The molecule has 0 spiro atoms. The molecule has 1 aromatic carbocycles. The zero-order chi connectivity index (χ0) is 12.6. The Kier molecular flexibility index (Phi) is 2.94. The number of halogens is 4. The van der Waals surface area contributed by atoms with Crippen molar-refractivity contribution < 1.29 is 13.2 Å². The molecule has 0 fully saturated rings. The molecule has 0 aliphatic carbocycles. The minimum absolute atomic E-state index is 0.306. The summed E-state index contributed by atoms with van der Waals surface area (Å²) in [7, 11) is 0. The molecule has 0 atom stereocenters. The fourth-order valence-electron chi connectivity index (χ4n) is 1.33. The predicted molar refractivity (Wildman–Crippen MR) is 58.8 cm³/mol. The number of benzene rings is 1. The van der Waals surface area contributed by atoms with Crippen LogP contribution in [0.3, 0.4) is 0 Å². The summed E-state index contributed by atoms with van der Waals surface area (Å²) in [6, 6.07) is 3.38. The van der Waals surface area contributed by atoms with Gasteiger partial charge in [0.25, 0.3) is 0 Å². The lowest BCUT2D eigenvalue weighted by Crippen LogP contribution is -2.07. The summed E-state index contributed by atoms with van der Waals surface area (Å²) < 4.78 is 39.5. The largest absolute Gasteiger partial charge is 0.416 e. The van der Waals surface area contributed by atoms with Crippen molar-refractivity contribution in [3.05, 3.63) is 40.4 Å². The van der Waals surface area contributed by atoms with Crippen molar-refractivity contribution in [3.63, 3.8) is 0 Å². The lowest BCUT2D eigenvalue weighted by Gasteiger charge is -2.10.